The van der Waals surface area contributed by atoms with E-state index in [1.165, 1.54) is 0 Å². The topological polar surface area (TPSA) is 86.3 Å². The number of hydrogen-bond acceptors (Lipinski definition) is 5. The third-order valence-corrected chi connectivity index (χ3v) is 6.37. The van der Waals surface area contributed by atoms with Crippen LogP contribution in [0.1, 0.15) is 74.7 Å². The minimum atomic E-state index is -0.150. The van der Waals surface area contributed by atoms with Gasteiger partial charge in [0.15, 0.2) is 5.69 Å². The zero-order valence-electron chi connectivity index (χ0n) is 18.2. The molecule has 2 atom stereocenters. The number of amides is 1. The van der Waals surface area contributed by atoms with Crippen molar-refractivity contribution in [3.8, 4) is 0 Å². The Bertz CT molecular complexity index is 852. The molecule has 1 aliphatic heterocycles. The van der Waals surface area contributed by atoms with Crippen LogP contribution >= 0.6 is 0 Å². The van der Waals surface area contributed by atoms with Crippen molar-refractivity contribution >= 4 is 5.91 Å². The van der Waals surface area contributed by atoms with Crippen molar-refractivity contribution in [3.05, 3.63) is 47.8 Å². The van der Waals surface area contributed by atoms with Crippen LogP contribution in [-0.4, -0.2) is 51.0 Å². The summed E-state index contributed by atoms with van der Waals surface area (Å²) in [4.78, 5) is 15.2. The van der Waals surface area contributed by atoms with Gasteiger partial charge >= 0.3 is 0 Å². The summed E-state index contributed by atoms with van der Waals surface area (Å²) in [7, 11) is 0. The zero-order chi connectivity index (χ0) is 21.3. The number of carbonyl (C=O) groups is 1. The van der Waals surface area contributed by atoms with Crippen LogP contribution in [0.2, 0.25) is 0 Å². The van der Waals surface area contributed by atoms with Crippen molar-refractivity contribution in [2.75, 3.05) is 13.1 Å². The van der Waals surface area contributed by atoms with Crippen LogP contribution in [0, 0.1) is 5.41 Å². The molecule has 162 valence electrons. The minimum Gasteiger partial charge on any atom is -0.366 e. The molecule has 1 aromatic heterocycles. The normalized spacial score (nSPS) is 27.8. The van der Waals surface area contributed by atoms with Crippen LogP contribution in [0.25, 0.3) is 0 Å². The molecule has 7 heteroatoms. The van der Waals surface area contributed by atoms with Crippen LogP contribution in [-0.2, 0) is 4.74 Å². The van der Waals surface area contributed by atoms with Gasteiger partial charge in [0.2, 0.25) is 0 Å². The number of aromatic nitrogens is 3. The lowest BCUT2D eigenvalue weighted by atomic mass is 9.87. The van der Waals surface area contributed by atoms with Gasteiger partial charge < -0.3 is 15.4 Å². The summed E-state index contributed by atoms with van der Waals surface area (Å²) in [5.74, 6) is -0.0766. The van der Waals surface area contributed by atoms with Crippen molar-refractivity contribution < 1.29 is 9.53 Å². The summed E-state index contributed by atoms with van der Waals surface area (Å²) >= 11 is 0. The molecule has 1 amide bonds. The van der Waals surface area contributed by atoms with E-state index >= 15 is 0 Å². The number of rotatable bonds is 3. The van der Waals surface area contributed by atoms with E-state index in [0.717, 1.165) is 31.2 Å². The Morgan fingerprint density at radius 1 is 1.10 bits per heavy atom. The van der Waals surface area contributed by atoms with Crippen molar-refractivity contribution in [2.45, 2.75) is 70.7 Å². The quantitative estimate of drug-likeness (QED) is 0.837. The van der Waals surface area contributed by atoms with Crippen molar-refractivity contribution in [1.82, 2.24) is 19.9 Å². The molecular weight excluding hydrogens is 378 g/mol. The van der Waals surface area contributed by atoms with Gasteiger partial charge in [-0.2, -0.15) is 0 Å². The molecule has 1 saturated heterocycles. The second-order valence-electron chi connectivity index (χ2n) is 9.75. The van der Waals surface area contributed by atoms with Crippen LogP contribution in [0.5, 0.6) is 0 Å². The van der Waals surface area contributed by atoms with Gasteiger partial charge in [-0.3, -0.25) is 4.79 Å². The van der Waals surface area contributed by atoms with E-state index in [1.807, 2.05) is 34.0 Å². The molecular formula is C23H33N5O2. The largest absolute Gasteiger partial charge is 0.366 e. The van der Waals surface area contributed by atoms with E-state index in [4.69, 9.17) is 10.5 Å². The highest BCUT2D eigenvalue weighted by Gasteiger charge is 2.38. The van der Waals surface area contributed by atoms with E-state index in [0.29, 0.717) is 18.8 Å². The minimum absolute atomic E-state index is 0.0599. The molecule has 30 heavy (non-hydrogen) atoms. The molecule has 2 fully saturated rings. The summed E-state index contributed by atoms with van der Waals surface area (Å²) in [6.07, 6.45) is 5.55. The molecule has 1 saturated carbocycles. The van der Waals surface area contributed by atoms with E-state index in [-0.39, 0.29) is 35.6 Å². The lowest BCUT2D eigenvalue weighted by Crippen LogP contribution is -2.51. The van der Waals surface area contributed by atoms with Gasteiger partial charge in [0.1, 0.15) is 6.10 Å². The fourth-order valence-electron chi connectivity index (χ4n) is 4.34. The maximum atomic E-state index is 13.3. The fraction of sp³-hybridized carbons (Fsp3) is 0.609. The summed E-state index contributed by atoms with van der Waals surface area (Å²) in [6.45, 7) is 7.52. The highest BCUT2D eigenvalue weighted by Crippen LogP contribution is 2.34. The molecule has 0 bridgehead atoms. The molecule has 1 aliphatic carbocycles. The van der Waals surface area contributed by atoms with E-state index in [1.54, 1.807) is 0 Å². The Morgan fingerprint density at radius 3 is 2.47 bits per heavy atom. The highest BCUT2D eigenvalue weighted by atomic mass is 16.5. The highest BCUT2D eigenvalue weighted by molar-refractivity contribution is 5.92. The molecule has 7 nitrogen and oxygen atoms in total. The summed E-state index contributed by atoms with van der Waals surface area (Å²) in [5.41, 5.74) is 7.44. The van der Waals surface area contributed by atoms with Crippen LogP contribution < -0.4 is 5.73 Å². The SMILES string of the molecule is CC(C)(C)[C@H]1CN(C(=O)c2cn(C3CCC(N)CC3)nn2)C[C@@H](c2ccccc2)O1. The summed E-state index contributed by atoms with van der Waals surface area (Å²) in [5, 5.41) is 8.49. The fourth-order valence-corrected chi connectivity index (χ4v) is 4.34. The first kappa shape index (κ1) is 21.0. The van der Waals surface area contributed by atoms with Gasteiger partial charge in [0, 0.05) is 12.6 Å². The molecule has 2 aliphatic rings. The van der Waals surface area contributed by atoms with E-state index in [9.17, 15) is 4.79 Å². The molecule has 4 rings (SSSR count). The first-order valence-corrected chi connectivity index (χ1v) is 11.0. The van der Waals surface area contributed by atoms with Crippen LogP contribution in [0.15, 0.2) is 36.5 Å². The lowest BCUT2D eigenvalue weighted by Gasteiger charge is -2.43. The van der Waals surface area contributed by atoms with E-state index in [2.05, 4.69) is 43.2 Å². The van der Waals surface area contributed by atoms with Gasteiger partial charge in [-0.05, 0) is 36.7 Å². The van der Waals surface area contributed by atoms with Gasteiger partial charge in [-0.25, -0.2) is 4.68 Å². The Kier molecular flexibility index (Phi) is 5.93. The average molecular weight is 412 g/mol. The maximum absolute atomic E-state index is 13.3. The van der Waals surface area contributed by atoms with Crippen molar-refractivity contribution in [1.29, 1.82) is 0 Å². The summed E-state index contributed by atoms with van der Waals surface area (Å²) < 4.78 is 8.27. The molecule has 0 spiro atoms. The zero-order valence-corrected chi connectivity index (χ0v) is 18.2. The molecule has 0 radical (unpaired) electrons. The molecule has 2 aromatic rings. The van der Waals surface area contributed by atoms with E-state index < -0.39 is 0 Å². The molecule has 2 N–H and O–H groups in total. The first-order valence-electron chi connectivity index (χ1n) is 11.0. The summed E-state index contributed by atoms with van der Waals surface area (Å²) in [6, 6.07) is 10.7. The maximum Gasteiger partial charge on any atom is 0.276 e. The Balaban J connectivity index is 1.52. The second kappa shape index (κ2) is 8.47. The molecule has 1 aromatic carbocycles. The van der Waals surface area contributed by atoms with Crippen molar-refractivity contribution in [3.63, 3.8) is 0 Å². The Morgan fingerprint density at radius 2 is 1.80 bits per heavy atom. The monoisotopic (exact) mass is 411 g/mol. The standard InChI is InChI=1S/C23H33N5O2/c1-23(2,3)21-15-27(14-20(30-21)16-7-5-4-6-8-16)22(29)19-13-28(26-25-19)18-11-9-17(24)10-12-18/h4-8,13,17-18,20-21H,9-12,14-15,24H2,1-3H3/t17?,18?,20-,21+/m0/s1. The molecule has 0 unspecified atom stereocenters. The number of ether oxygens (including phenoxy) is 1. The second-order valence-corrected chi connectivity index (χ2v) is 9.75. The number of nitrogens with zero attached hydrogens (tertiary/aromatic N) is 4. The number of benzene rings is 1. The third-order valence-electron chi connectivity index (χ3n) is 6.37. The first-order chi connectivity index (χ1) is 14.3. The van der Waals surface area contributed by atoms with Gasteiger partial charge in [-0.15, -0.1) is 5.10 Å². The average Bonchev–Trinajstić information content (AvgIpc) is 3.23. The number of nitrogens with two attached hydrogens (primary N) is 1. The molecule has 2 heterocycles. The smallest absolute Gasteiger partial charge is 0.276 e. The van der Waals surface area contributed by atoms with Gasteiger partial charge in [0.25, 0.3) is 5.91 Å². The van der Waals surface area contributed by atoms with Crippen LogP contribution in [0.3, 0.4) is 0 Å². The van der Waals surface area contributed by atoms with Crippen molar-refractivity contribution in [2.24, 2.45) is 11.1 Å². The van der Waals surface area contributed by atoms with Gasteiger partial charge in [-0.1, -0.05) is 56.3 Å². The Labute approximate surface area is 178 Å². The Hall–Kier alpha value is -2.25. The number of morpholine rings is 1. The lowest BCUT2D eigenvalue weighted by molar-refractivity contribution is -0.119. The van der Waals surface area contributed by atoms with Gasteiger partial charge in [0.05, 0.1) is 24.9 Å². The number of carbonyl (C=O) groups excluding carboxylic acids is 1. The third kappa shape index (κ3) is 4.57. The van der Waals surface area contributed by atoms with Crippen LogP contribution in [0.4, 0.5) is 0 Å². The predicted molar refractivity (Wildman–Crippen MR) is 115 cm³/mol. The predicted octanol–water partition coefficient (Wildman–Crippen LogP) is 3.35. The number of hydrogen-bond donors (Lipinski definition) is 1.